The molecule has 0 aromatic heterocycles. The Morgan fingerprint density at radius 1 is 1.15 bits per heavy atom. The lowest BCUT2D eigenvalue weighted by atomic mass is 10.0. The van der Waals surface area contributed by atoms with E-state index in [0.717, 1.165) is 50.1 Å². The first kappa shape index (κ1) is 21.2. The largest absolute Gasteiger partial charge is 0.497 e. The zero-order valence-electron chi connectivity index (χ0n) is 16.3. The van der Waals surface area contributed by atoms with Gasteiger partial charge in [0.25, 0.3) is 10.2 Å². The molecule has 0 unspecified atom stereocenters. The summed E-state index contributed by atoms with van der Waals surface area (Å²) in [5, 5.41) is 0. The van der Waals surface area contributed by atoms with Crippen molar-refractivity contribution in [3.63, 3.8) is 0 Å². The van der Waals surface area contributed by atoms with Gasteiger partial charge in [-0.25, -0.2) is 4.72 Å². The number of hydrogen-bond acceptors (Lipinski definition) is 4. The quantitative estimate of drug-likeness (QED) is 0.712. The highest BCUT2D eigenvalue weighted by molar-refractivity contribution is 7.87. The predicted octanol–water partition coefficient (Wildman–Crippen LogP) is 2.79. The highest BCUT2D eigenvalue weighted by Crippen LogP contribution is 2.24. The Balaban J connectivity index is 2.15. The van der Waals surface area contributed by atoms with E-state index in [9.17, 15) is 8.42 Å². The van der Waals surface area contributed by atoms with Crippen LogP contribution in [0.1, 0.15) is 51.1 Å². The molecule has 7 heteroatoms. The first-order valence-electron chi connectivity index (χ1n) is 9.64. The predicted molar refractivity (Wildman–Crippen MR) is 106 cm³/mol. The van der Waals surface area contributed by atoms with Crippen LogP contribution in [0.4, 0.5) is 0 Å². The van der Waals surface area contributed by atoms with Crippen molar-refractivity contribution in [2.24, 2.45) is 0 Å². The van der Waals surface area contributed by atoms with Gasteiger partial charge in [-0.15, -0.1) is 0 Å². The van der Waals surface area contributed by atoms with E-state index < -0.39 is 10.2 Å². The number of nitrogens with zero attached hydrogens (tertiary/aromatic N) is 2. The highest BCUT2D eigenvalue weighted by atomic mass is 32.2. The van der Waals surface area contributed by atoms with Crippen LogP contribution in [0.2, 0.25) is 0 Å². The minimum atomic E-state index is -3.45. The molecular weight excluding hydrogens is 350 g/mol. The van der Waals surface area contributed by atoms with Crippen LogP contribution in [0.15, 0.2) is 24.3 Å². The lowest BCUT2D eigenvalue weighted by Crippen LogP contribution is -2.45. The van der Waals surface area contributed by atoms with Gasteiger partial charge in [-0.1, -0.05) is 38.8 Å². The van der Waals surface area contributed by atoms with Gasteiger partial charge in [0.1, 0.15) is 5.75 Å². The third-order valence-electron chi connectivity index (χ3n) is 5.10. The summed E-state index contributed by atoms with van der Waals surface area (Å²) in [6.45, 7) is 7.48. The van der Waals surface area contributed by atoms with Gasteiger partial charge in [-0.3, -0.25) is 4.90 Å². The van der Waals surface area contributed by atoms with Gasteiger partial charge in [0.05, 0.1) is 7.11 Å². The van der Waals surface area contributed by atoms with Crippen molar-refractivity contribution in [2.75, 3.05) is 39.8 Å². The standard InChI is InChI=1S/C19H33N3O3S/c1-4-21(5-2)19(17-11-10-12-18(15-17)25-3)16-20-26(23,24)22-13-8-6-7-9-14-22/h10-12,15,19-20H,4-9,13-14,16H2,1-3H3/t19-/m1/s1. The lowest BCUT2D eigenvalue weighted by molar-refractivity contribution is 0.218. The Bertz CT molecular complexity index is 639. The van der Waals surface area contributed by atoms with E-state index in [2.05, 4.69) is 23.5 Å². The minimum Gasteiger partial charge on any atom is -0.497 e. The molecule has 1 atom stereocenters. The monoisotopic (exact) mass is 383 g/mol. The van der Waals surface area contributed by atoms with Crippen LogP contribution in [0.5, 0.6) is 5.75 Å². The molecule has 0 radical (unpaired) electrons. The van der Waals surface area contributed by atoms with E-state index in [0.29, 0.717) is 19.6 Å². The van der Waals surface area contributed by atoms with Gasteiger partial charge in [-0.05, 0) is 43.6 Å². The van der Waals surface area contributed by atoms with E-state index in [4.69, 9.17) is 4.74 Å². The smallest absolute Gasteiger partial charge is 0.279 e. The number of rotatable bonds is 9. The molecule has 0 spiro atoms. The summed E-state index contributed by atoms with van der Waals surface area (Å²) in [7, 11) is -1.80. The lowest BCUT2D eigenvalue weighted by Gasteiger charge is -2.31. The van der Waals surface area contributed by atoms with E-state index >= 15 is 0 Å². The van der Waals surface area contributed by atoms with E-state index in [-0.39, 0.29) is 6.04 Å². The number of hydrogen-bond donors (Lipinski definition) is 1. The first-order chi connectivity index (χ1) is 12.5. The van der Waals surface area contributed by atoms with Crippen LogP contribution in [0, 0.1) is 0 Å². The molecule has 1 aliphatic rings. The zero-order chi connectivity index (χ0) is 19.0. The molecule has 1 aromatic rings. The molecule has 148 valence electrons. The second kappa shape index (κ2) is 10.3. The highest BCUT2D eigenvalue weighted by Gasteiger charge is 2.26. The maximum absolute atomic E-state index is 12.8. The van der Waals surface area contributed by atoms with Crippen LogP contribution < -0.4 is 9.46 Å². The molecule has 2 rings (SSSR count). The number of methoxy groups -OCH3 is 1. The fourth-order valence-electron chi connectivity index (χ4n) is 3.53. The van der Waals surface area contributed by atoms with Gasteiger partial charge >= 0.3 is 0 Å². The van der Waals surface area contributed by atoms with Gasteiger partial charge in [0.15, 0.2) is 0 Å². The summed E-state index contributed by atoms with van der Waals surface area (Å²) < 4.78 is 35.3. The molecule has 0 bridgehead atoms. The topological polar surface area (TPSA) is 61.9 Å². The Hall–Kier alpha value is -1.15. The normalized spacial score (nSPS) is 17.8. The van der Waals surface area contributed by atoms with Crippen LogP contribution in [-0.4, -0.2) is 57.5 Å². The summed E-state index contributed by atoms with van der Waals surface area (Å²) in [5.74, 6) is 0.787. The molecular formula is C19H33N3O3S. The fourth-order valence-corrected chi connectivity index (χ4v) is 4.82. The van der Waals surface area contributed by atoms with Gasteiger partial charge < -0.3 is 4.74 Å². The molecule has 1 saturated heterocycles. The molecule has 1 N–H and O–H groups in total. The number of nitrogens with one attached hydrogen (secondary N) is 1. The second-order valence-electron chi connectivity index (χ2n) is 6.68. The van der Waals surface area contributed by atoms with Gasteiger partial charge in [0, 0.05) is 25.7 Å². The summed E-state index contributed by atoms with van der Waals surface area (Å²) >= 11 is 0. The van der Waals surface area contributed by atoms with Crippen LogP contribution in [0.3, 0.4) is 0 Å². The SMILES string of the molecule is CCN(CC)[C@H](CNS(=O)(=O)N1CCCCCC1)c1cccc(OC)c1. The van der Waals surface area contributed by atoms with E-state index in [1.54, 1.807) is 11.4 Å². The fraction of sp³-hybridized carbons (Fsp3) is 0.684. The van der Waals surface area contributed by atoms with Crippen molar-refractivity contribution in [1.82, 2.24) is 13.9 Å². The average Bonchev–Trinajstić information content (AvgIpc) is 2.95. The molecule has 1 fully saturated rings. The Labute approximate surface area is 158 Å². The Kier molecular flexibility index (Phi) is 8.34. The van der Waals surface area contributed by atoms with Crippen molar-refractivity contribution >= 4 is 10.2 Å². The maximum atomic E-state index is 12.8. The molecule has 0 saturated carbocycles. The molecule has 0 aliphatic carbocycles. The maximum Gasteiger partial charge on any atom is 0.279 e. The van der Waals surface area contributed by atoms with Crippen molar-refractivity contribution < 1.29 is 13.2 Å². The minimum absolute atomic E-state index is 0.0261. The summed E-state index contributed by atoms with van der Waals surface area (Å²) in [5.41, 5.74) is 1.06. The molecule has 6 nitrogen and oxygen atoms in total. The van der Waals surface area contributed by atoms with Crippen molar-refractivity contribution in [1.29, 1.82) is 0 Å². The Morgan fingerprint density at radius 2 is 1.81 bits per heavy atom. The van der Waals surface area contributed by atoms with Crippen molar-refractivity contribution in [3.8, 4) is 5.75 Å². The number of benzene rings is 1. The molecule has 1 aromatic carbocycles. The molecule has 0 amide bonds. The van der Waals surface area contributed by atoms with Gasteiger partial charge in [-0.2, -0.15) is 12.7 Å². The number of likely N-dealkylation sites (N-methyl/N-ethyl adjacent to an activating group) is 1. The zero-order valence-corrected chi connectivity index (χ0v) is 17.1. The second-order valence-corrected chi connectivity index (χ2v) is 8.44. The molecule has 1 aliphatic heterocycles. The van der Waals surface area contributed by atoms with Crippen LogP contribution in [-0.2, 0) is 10.2 Å². The van der Waals surface area contributed by atoms with Crippen LogP contribution >= 0.6 is 0 Å². The van der Waals surface area contributed by atoms with E-state index in [1.165, 1.54) is 0 Å². The third-order valence-corrected chi connectivity index (χ3v) is 6.67. The summed E-state index contributed by atoms with van der Waals surface area (Å²) in [4.78, 5) is 2.26. The third kappa shape index (κ3) is 5.67. The summed E-state index contributed by atoms with van der Waals surface area (Å²) in [6, 6.07) is 7.86. The molecule has 1 heterocycles. The number of ether oxygens (including phenoxy) is 1. The van der Waals surface area contributed by atoms with Crippen molar-refractivity contribution in [3.05, 3.63) is 29.8 Å². The first-order valence-corrected chi connectivity index (χ1v) is 11.1. The van der Waals surface area contributed by atoms with Gasteiger partial charge in [0.2, 0.25) is 0 Å². The van der Waals surface area contributed by atoms with E-state index in [1.807, 2.05) is 24.3 Å². The van der Waals surface area contributed by atoms with Crippen molar-refractivity contribution in [2.45, 2.75) is 45.6 Å². The molecule has 26 heavy (non-hydrogen) atoms. The Morgan fingerprint density at radius 3 is 2.38 bits per heavy atom. The summed E-state index contributed by atoms with van der Waals surface area (Å²) in [6.07, 6.45) is 4.10. The average molecular weight is 384 g/mol. The van der Waals surface area contributed by atoms with Crippen LogP contribution in [0.25, 0.3) is 0 Å².